The maximum Gasteiger partial charge on any atom is 0.475 e. The van der Waals surface area contributed by atoms with Crippen molar-refractivity contribution in [1.82, 2.24) is 15.6 Å². The number of urea groups is 1. The van der Waals surface area contributed by atoms with Gasteiger partial charge in [0.25, 0.3) is 0 Å². The zero-order valence-corrected chi connectivity index (χ0v) is 5.09. The summed E-state index contributed by atoms with van der Waals surface area (Å²) in [5.74, 6) is 0.604. The highest BCUT2D eigenvalue weighted by Gasteiger charge is 2.29. The van der Waals surface area contributed by atoms with E-state index >= 15 is 0 Å². The highest BCUT2D eigenvalue weighted by Crippen LogP contribution is 1.99. The Balaban J connectivity index is 2.41. The third-order valence-corrected chi connectivity index (χ3v) is 1.29. The van der Waals surface area contributed by atoms with Crippen LogP contribution < -0.4 is 15.6 Å². The summed E-state index contributed by atoms with van der Waals surface area (Å²) in [5, 5.41) is 5.39. The van der Waals surface area contributed by atoms with Gasteiger partial charge < -0.3 is 0 Å². The molecule has 49 valence electrons. The minimum Gasteiger partial charge on any atom is -0.274 e. The molecule has 0 atom stereocenters. The molecule has 0 saturated heterocycles. The molecule has 0 saturated carbocycles. The van der Waals surface area contributed by atoms with Crippen LogP contribution in [-0.4, -0.2) is 11.9 Å². The average Bonchev–Trinajstić information content (AvgIpc) is 2.27. The van der Waals surface area contributed by atoms with Gasteiger partial charge in [0.05, 0.1) is 6.20 Å². The first-order valence-electron chi connectivity index (χ1n) is 2.90. The molecule has 0 aromatic heterocycles. The van der Waals surface area contributed by atoms with Gasteiger partial charge in [-0.1, -0.05) is 0 Å². The lowest BCUT2D eigenvalue weighted by atomic mass is 10.3. The Morgan fingerprint density at radius 3 is 3.20 bits per heavy atom. The average molecular weight is 135 g/mol. The highest BCUT2D eigenvalue weighted by molar-refractivity contribution is 6.10. The molecule has 0 aromatic rings. The Bertz CT molecular complexity index is 275. The molecule has 2 aliphatic rings. The molecule has 4 heteroatoms. The molecule has 2 N–H and O–H groups in total. The van der Waals surface area contributed by atoms with E-state index in [4.69, 9.17) is 0 Å². The van der Waals surface area contributed by atoms with Crippen LogP contribution in [0.5, 0.6) is 0 Å². The second-order valence-corrected chi connectivity index (χ2v) is 1.97. The monoisotopic (exact) mass is 135 g/mol. The molecule has 2 aliphatic heterocycles. The first kappa shape index (κ1) is 5.22. The number of amidine groups is 1. The van der Waals surface area contributed by atoms with Crippen LogP contribution >= 0.6 is 0 Å². The van der Waals surface area contributed by atoms with Crippen LogP contribution in [0, 0.1) is 0 Å². The number of allylic oxidation sites excluding steroid dienone is 2. The molecule has 0 aromatic carbocycles. The molecule has 0 unspecified atom stereocenters. The molecule has 2 heterocycles. The van der Waals surface area contributed by atoms with Gasteiger partial charge in [-0.05, 0) is 17.1 Å². The second-order valence-electron chi connectivity index (χ2n) is 1.97. The summed E-state index contributed by atoms with van der Waals surface area (Å²) in [7, 11) is 0. The quantitative estimate of drug-likeness (QED) is 0.468. The number of rotatable bonds is 0. The minimum absolute atomic E-state index is 0.308. The lowest BCUT2D eigenvalue weighted by Crippen LogP contribution is -2.24. The summed E-state index contributed by atoms with van der Waals surface area (Å²) in [5.41, 5.74) is 0.743. The Hall–Kier alpha value is -1.58. The van der Waals surface area contributed by atoms with Gasteiger partial charge in [0.15, 0.2) is 5.70 Å². The largest absolute Gasteiger partial charge is 0.475 e. The molecule has 0 bridgehead atoms. The van der Waals surface area contributed by atoms with E-state index in [-0.39, 0.29) is 6.03 Å². The molecular weight excluding hydrogens is 130 g/mol. The number of hydrogen-bond donors (Lipinski definition) is 2. The zero-order valence-electron chi connectivity index (χ0n) is 5.09. The zero-order chi connectivity index (χ0) is 6.97. The Labute approximate surface area is 57.3 Å². The third kappa shape index (κ3) is 0.621. The number of carbonyl (C=O) groups is 1. The van der Waals surface area contributed by atoms with Crippen LogP contribution in [0.15, 0.2) is 24.0 Å². The van der Waals surface area contributed by atoms with E-state index in [2.05, 4.69) is 15.6 Å². The van der Waals surface area contributed by atoms with Crippen molar-refractivity contribution < 1.29 is 4.79 Å². The van der Waals surface area contributed by atoms with Crippen LogP contribution in [0.1, 0.15) is 0 Å². The second kappa shape index (κ2) is 1.70. The number of nitrogens with zero attached hydrogens (tertiary/aromatic N) is 1. The predicted octanol–water partition coefficient (Wildman–Crippen LogP) is -0.555. The van der Waals surface area contributed by atoms with Gasteiger partial charge in [-0.3, -0.25) is 5.32 Å². The van der Waals surface area contributed by atoms with Crippen molar-refractivity contribution in [2.24, 2.45) is 0 Å². The molecule has 10 heavy (non-hydrogen) atoms. The topological polar surface area (TPSA) is 55.2 Å². The van der Waals surface area contributed by atoms with E-state index in [1.807, 2.05) is 0 Å². The number of nitrogens with one attached hydrogen (secondary N) is 2. The fraction of sp³-hybridized carbons (Fsp3) is 0. The number of amides is 2. The lowest BCUT2D eigenvalue weighted by Gasteiger charge is -1.96. The molecule has 0 fully saturated rings. The van der Waals surface area contributed by atoms with Crippen LogP contribution in [0.3, 0.4) is 0 Å². The fourth-order valence-corrected chi connectivity index (χ4v) is 0.866. The van der Waals surface area contributed by atoms with Gasteiger partial charge in [0.2, 0.25) is 0 Å². The van der Waals surface area contributed by atoms with Crippen LogP contribution in [-0.2, 0) is 0 Å². The summed E-state index contributed by atoms with van der Waals surface area (Å²) in [6, 6.07) is -0.308. The number of dihydropyridines is 1. The van der Waals surface area contributed by atoms with Crippen molar-refractivity contribution >= 4 is 11.9 Å². The van der Waals surface area contributed by atoms with Gasteiger partial charge in [-0.25, -0.2) is 10.1 Å². The summed E-state index contributed by atoms with van der Waals surface area (Å²) in [6.07, 6.45) is 5.32. The van der Waals surface area contributed by atoms with Gasteiger partial charge in [0.1, 0.15) is 0 Å². The molecule has 0 aliphatic carbocycles. The molecule has 4 nitrogen and oxygen atoms in total. The third-order valence-electron chi connectivity index (χ3n) is 1.29. The highest BCUT2D eigenvalue weighted by atomic mass is 16.2. The minimum atomic E-state index is -0.308. The molecular formula is C6H5N3O+. The van der Waals surface area contributed by atoms with E-state index in [0.29, 0.717) is 5.84 Å². The van der Waals surface area contributed by atoms with Crippen LogP contribution in [0.25, 0.3) is 0 Å². The van der Waals surface area contributed by atoms with E-state index in [1.165, 1.54) is 0 Å². The van der Waals surface area contributed by atoms with E-state index in [0.717, 1.165) is 5.70 Å². The molecule has 1 radical (unpaired) electrons. The van der Waals surface area contributed by atoms with Crippen molar-refractivity contribution in [1.29, 1.82) is 0 Å². The number of hydrogen-bond acceptors (Lipinski definition) is 2. The SMILES string of the molecule is O=C1[N+]=C2NC=CC=C2N1. The Kier molecular flexibility index (Phi) is 0.887. The predicted molar refractivity (Wildman–Crippen MR) is 36.0 cm³/mol. The van der Waals surface area contributed by atoms with Crippen molar-refractivity contribution in [2.45, 2.75) is 0 Å². The van der Waals surface area contributed by atoms with E-state index in [1.54, 1.807) is 18.4 Å². The van der Waals surface area contributed by atoms with Gasteiger partial charge in [-0.15, -0.1) is 0 Å². The van der Waals surface area contributed by atoms with Gasteiger partial charge >= 0.3 is 11.9 Å². The lowest BCUT2D eigenvalue weighted by molar-refractivity contribution is 0.250. The van der Waals surface area contributed by atoms with E-state index < -0.39 is 0 Å². The summed E-state index contributed by atoms with van der Waals surface area (Å²) < 4.78 is 0. The fourth-order valence-electron chi connectivity index (χ4n) is 0.866. The maximum atomic E-state index is 10.6. The first-order chi connectivity index (χ1) is 4.86. The summed E-state index contributed by atoms with van der Waals surface area (Å²) >= 11 is 0. The van der Waals surface area contributed by atoms with E-state index in [9.17, 15) is 4.79 Å². The van der Waals surface area contributed by atoms with Gasteiger partial charge in [0, 0.05) is 0 Å². The standard InChI is InChI=1S/C6H5N3O/c10-6-8-4-2-1-3-7-5(4)9-6/h1-3,7H,(H,8,10)/q+1. The van der Waals surface area contributed by atoms with Crippen LogP contribution in [0.2, 0.25) is 0 Å². The molecule has 2 amide bonds. The Morgan fingerprint density at radius 1 is 1.50 bits per heavy atom. The van der Waals surface area contributed by atoms with Gasteiger partial charge in [-0.2, -0.15) is 0 Å². The molecule has 0 spiro atoms. The maximum absolute atomic E-state index is 10.6. The normalized spacial score (nSPS) is 20.6. The summed E-state index contributed by atoms with van der Waals surface area (Å²) in [4.78, 5) is 14.2. The number of aliphatic imine (C=N–C) groups is 1. The van der Waals surface area contributed by atoms with Crippen molar-refractivity contribution in [2.75, 3.05) is 0 Å². The summed E-state index contributed by atoms with van der Waals surface area (Å²) in [6.45, 7) is 0. The molecule has 2 rings (SSSR count). The van der Waals surface area contributed by atoms with Crippen molar-refractivity contribution in [3.05, 3.63) is 24.0 Å². The van der Waals surface area contributed by atoms with Crippen LogP contribution in [0.4, 0.5) is 4.79 Å². The Morgan fingerprint density at radius 2 is 2.40 bits per heavy atom. The van der Waals surface area contributed by atoms with Crippen molar-refractivity contribution in [3.63, 3.8) is 0 Å². The number of fused-ring (bicyclic) bond motifs is 1. The first-order valence-corrected chi connectivity index (χ1v) is 2.90. The number of carbonyl (C=O) groups excluding carboxylic acids is 1. The smallest absolute Gasteiger partial charge is 0.274 e. The van der Waals surface area contributed by atoms with Crippen molar-refractivity contribution in [3.8, 4) is 0 Å².